The van der Waals surface area contributed by atoms with Gasteiger partial charge in [0.1, 0.15) is 11.9 Å². The molecule has 0 saturated carbocycles. The fraction of sp³-hybridized carbons (Fsp3) is 0.769. The van der Waals surface area contributed by atoms with Crippen molar-refractivity contribution in [2.45, 2.75) is 44.8 Å². The van der Waals surface area contributed by atoms with E-state index in [0.29, 0.717) is 30.6 Å². The Balaban J connectivity index is 1.61. The third-order valence-corrected chi connectivity index (χ3v) is 3.85. The Kier molecular flexibility index (Phi) is 3.61. The number of Topliss-reactive ketones (excluding diaryl/α,β-unsaturated/α-hetero) is 1. The van der Waals surface area contributed by atoms with Crippen molar-refractivity contribution in [3.8, 4) is 0 Å². The zero-order chi connectivity index (χ0) is 13.2. The van der Waals surface area contributed by atoms with E-state index < -0.39 is 0 Å². The summed E-state index contributed by atoms with van der Waals surface area (Å²) in [4.78, 5) is 17.7. The lowest BCUT2D eigenvalue weighted by molar-refractivity contribution is -0.117. The SMILES string of the molecule is CC(=O)CCc1nc(C2CN3CCCC3CO2)no1. The fourth-order valence-electron chi connectivity index (χ4n) is 2.76. The van der Waals surface area contributed by atoms with Gasteiger partial charge in [0.2, 0.25) is 11.7 Å². The molecule has 2 fully saturated rings. The third kappa shape index (κ3) is 2.84. The highest BCUT2D eigenvalue weighted by Gasteiger charge is 2.34. The van der Waals surface area contributed by atoms with Gasteiger partial charge in [-0.25, -0.2) is 0 Å². The lowest BCUT2D eigenvalue weighted by atomic mass is 10.2. The highest BCUT2D eigenvalue weighted by Crippen LogP contribution is 2.28. The van der Waals surface area contributed by atoms with Crippen molar-refractivity contribution in [1.82, 2.24) is 15.0 Å². The second-order valence-electron chi connectivity index (χ2n) is 5.36. The van der Waals surface area contributed by atoms with Crippen LogP contribution in [0, 0.1) is 0 Å². The fourth-order valence-corrected chi connectivity index (χ4v) is 2.76. The number of hydrogen-bond donors (Lipinski definition) is 0. The van der Waals surface area contributed by atoms with Crippen LogP contribution in [-0.2, 0) is 16.0 Å². The molecule has 2 aliphatic rings. The number of nitrogens with zero attached hydrogens (tertiary/aromatic N) is 3. The van der Waals surface area contributed by atoms with Gasteiger partial charge in [0, 0.05) is 25.4 Å². The largest absolute Gasteiger partial charge is 0.367 e. The minimum Gasteiger partial charge on any atom is -0.367 e. The maximum atomic E-state index is 10.9. The summed E-state index contributed by atoms with van der Waals surface area (Å²) in [6.07, 6.45) is 3.34. The van der Waals surface area contributed by atoms with E-state index in [-0.39, 0.29) is 11.9 Å². The number of carbonyl (C=O) groups excluding carboxylic acids is 1. The van der Waals surface area contributed by atoms with Crippen molar-refractivity contribution in [3.05, 3.63) is 11.7 Å². The molecule has 3 rings (SSSR count). The highest BCUT2D eigenvalue weighted by atomic mass is 16.5. The van der Waals surface area contributed by atoms with Crippen LogP contribution in [0.25, 0.3) is 0 Å². The van der Waals surface area contributed by atoms with Crippen LogP contribution in [0.2, 0.25) is 0 Å². The van der Waals surface area contributed by atoms with Gasteiger partial charge < -0.3 is 14.1 Å². The molecular weight excluding hydrogens is 246 g/mol. The van der Waals surface area contributed by atoms with Crippen LogP contribution in [0.3, 0.4) is 0 Å². The number of rotatable bonds is 4. The summed E-state index contributed by atoms with van der Waals surface area (Å²) in [5.74, 6) is 1.27. The second-order valence-corrected chi connectivity index (χ2v) is 5.36. The van der Waals surface area contributed by atoms with Crippen LogP contribution in [-0.4, -0.2) is 46.6 Å². The summed E-state index contributed by atoms with van der Waals surface area (Å²) in [6, 6.07) is 0.570. The Morgan fingerprint density at radius 2 is 2.42 bits per heavy atom. The Hall–Kier alpha value is -1.27. The van der Waals surface area contributed by atoms with Crippen molar-refractivity contribution in [2.24, 2.45) is 0 Å². The average Bonchev–Trinajstić information content (AvgIpc) is 3.04. The minimum absolute atomic E-state index is 0.0934. The quantitative estimate of drug-likeness (QED) is 0.812. The maximum absolute atomic E-state index is 10.9. The summed E-state index contributed by atoms with van der Waals surface area (Å²) < 4.78 is 11.0. The molecule has 2 aliphatic heterocycles. The predicted molar refractivity (Wildman–Crippen MR) is 66.6 cm³/mol. The van der Waals surface area contributed by atoms with Crippen LogP contribution in [0.4, 0.5) is 0 Å². The predicted octanol–water partition coefficient (Wildman–Crippen LogP) is 1.13. The summed E-state index contributed by atoms with van der Waals surface area (Å²) in [5.41, 5.74) is 0. The number of aromatic nitrogens is 2. The van der Waals surface area contributed by atoms with Crippen molar-refractivity contribution >= 4 is 5.78 Å². The zero-order valence-electron chi connectivity index (χ0n) is 11.2. The van der Waals surface area contributed by atoms with Gasteiger partial charge in [-0.15, -0.1) is 0 Å². The molecule has 2 saturated heterocycles. The van der Waals surface area contributed by atoms with Gasteiger partial charge >= 0.3 is 0 Å². The first-order chi connectivity index (χ1) is 9.22. The first-order valence-corrected chi connectivity index (χ1v) is 6.90. The molecule has 0 spiro atoms. The Morgan fingerprint density at radius 3 is 3.26 bits per heavy atom. The molecule has 2 unspecified atom stereocenters. The monoisotopic (exact) mass is 265 g/mol. The van der Waals surface area contributed by atoms with Crippen molar-refractivity contribution in [2.75, 3.05) is 19.7 Å². The maximum Gasteiger partial charge on any atom is 0.227 e. The van der Waals surface area contributed by atoms with Crippen LogP contribution in [0.1, 0.15) is 44.0 Å². The van der Waals surface area contributed by atoms with Gasteiger partial charge in [-0.05, 0) is 26.3 Å². The molecule has 1 aromatic heterocycles. The number of ketones is 1. The Labute approximate surface area is 112 Å². The average molecular weight is 265 g/mol. The highest BCUT2D eigenvalue weighted by molar-refractivity contribution is 5.75. The molecule has 0 radical (unpaired) electrons. The molecule has 2 atom stereocenters. The molecule has 104 valence electrons. The Bertz CT molecular complexity index is 460. The van der Waals surface area contributed by atoms with Crippen molar-refractivity contribution in [3.63, 3.8) is 0 Å². The summed E-state index contributed by atoms with van der Waals surface area (Å²) in [6.45, 7) is 4.30. The normalized spacial score (nSPS) is 27.4. The van der Waals surface area contributed by atoms with Crippen molar-refractivity contribution in [1.29, 1.82) is 0 Å². The number of ether oxygens (including phenoxy) is 1. The van der Waals surface area contributed by atoms with Gasteiger partial charge in [-0.1, -0.05) is 5.16 Å². The van der Waals surface area contributed by atoms with Crippen LogP contribution < -0.4 is 0 Å². The summed E-state index contributed by atoms with van der Waals surface area (Å²) in [7, 11) is 0. The standard InChI is InChI=1S/C13H19N3O3/c1-9(17)4-5-12-14-13(15-19-12)11-7-16-6-2-3-10(16)8-18-11/h10-11H,2-8H2,1H3. The van der Waals surface area contributed by atoms with Crippen LogP contribution in [0.15, 0.2) is 4.52 Å². The molecule has 3 heterocycles. The van der Waals surface area contributed by atoms with E-state index in [9.17, 15) is 4.79 Å². The van der Waals surface area contributed by atoms with Gasteiger partial charge in [0.05, 0.1) is 6.61 Å². The van der Waals surface area contributed by atoms with E-state index in [2.05, 4.69) is 15.0 Å². The molecule has 0 amide bonds. The van der Waals surface area contributed by atoms with Crippen molar-refractivity contribution < 1.29 is 14.1 Å². The lowest BCUT2D eigenvalue weighted by Gasteiger charge is -2.33. The third-order valence-electron chi connectivity index (χ3n) is 3.85. The first kappa shape index (κ1) is 12.7. The number of hydrogen-bond acceptors (Lipinski definition) is 6. The van der Waals surface area contributed by atoms with Crippen LogP contribution >= 0.6 is 0 Å². The van der Waals surface area contributed by atoms with Gasteiger partial charge in [0.25, 0.3) is 0 Å². The lowest BCUT2D eigenvalue weighted by Crippen LogP contribution is -2.42. The number of carbonyl (C=O) groups is 1. The van der Waals surface area contributed by atoms with E-state index >= 15 is 0 Å². The van der Waals surface area contributed by atoms with E-state index in [1.54, 1.807) is 6.92 Å². The topological polar surface area (TPSA) is 68.5 Å². The number of aryl methyl sites for hydroxylation is 1. The molecule has 6 heteroatoms. The van der Waals surface area contributed by atoms with E-state index in [1.807, 2.05) is 0 Å². The van der Waals surface area contributed by atoms with Gasteiger partial charge in [-0.3, -0.25) is 4.90 Å². The molecule has 0 aromatic carbocycles. The summed E-state index contributed by atoms with van der Waals surface area (Å²) >= 11 is 0. The molecular formula is C13H19N3O3. The first-order valence-electron chi connectivity index (χ1n) is 6.90. The van der Waals surface area contributed by atoms with Gasteiger partial charge in [0.15, 0.2) is 0 Å². The molecule has 0 bridgehead atoms. The van der Waals surface area contributed by atoms with Gasteiger partial charge in [-0.2, -0.15) is 4.98 Å². The van der Waals surface area contributed by atoms with E-state index in [0.717, 1.165) is 19.7 Å². The van der Waals surface area contributed by atoms with E-state index in [1.165, 1.54) is 12.8 Å². The van der Waals surface area contributed by atoms with Crippen LogP contribution in [0.5, 0.6) is 0 Å². The molecule has 6 nitrogen and oxygen atoms in total. The van der Waals surface area contributed by atoms with E-state index in [4.69, 9.17) is 9.26 Å². The zero-order valence-corrected chi connectivity index (χ0v) is 11.2. The molecule has 1 aromatic rings. The Morgan fingerprint density at radius 1 is 1.53 bits per heavy atom. The second kappa shape index (κ2) is 5.38. The minimum atomic E-state index is -0.0934. The molecule has 19 heavy (non-hydrogen) atoms. The smallest absolute Gasteiger partial charge is 0.227 e. The number of fused-ring (bicyclic) bond motifs is 1. The molecule has 0 N–H and O–H groups in total. The summed E-state index contributed by atoms with van der Waals surface area (Å²) in [5, 5.41) is 3.98. The number of morpholine rings is 1. The molecule has 0 aliphatic carbocycles.